The summed E-state index contributed by atoms with van der Waals surface area (Å²) in [5.74, 6) is -0.666. The monoisotopic (exact) mass is 460 g/mol. The van der Waals surface area contributed by atoms with Crippen molar-refractivity contribution in [1.29, 1.82) is 0 Å². The van der Waals surface area contributed by atoms with Crippen LogP contribution in [-0.2, 0) is 16.2 Å². The normalized spacial score (nSPS) is 15.5. The topological polar surface area (TPSA) is 68.5 Å². The van der Waals surface area contributed by atoms with Crippen molar-refractivity contribution in [3.8, 4) is 0 Å². The molecule has 2 aromatic carbocycles. The van der Waals surface area contributed by atoms with Crippen molar-refractivity contribution < 1.29 is 14.0 Å². The first-order chi connectivity index (χ1) is 14.8. The Morgan fingerprint density at radius 2 is 1.87 bits per heavy atom. The van der Waals surface area contributed by atoms with Gasteiger partial charge in [0.05, 0.1) is 29.3 Å². The fourth-order valence-corrected chi connectivity index (χ4v) is 3.92. The summed E-state index contributed by atoms with van der Waals surface area (Å²) in [6, 6.07) is 11.2. The molecule has 0 saturated heterocycles. The Kier molecular flexibility index (Phi) is 5.98. The van der Waals surface area contributed by atoms with Gasteiger partial charge < -0.3 is 10.2 Å². The maximum atomic E-state index is 13.1. The maximum Gasteiger partial charge on any atom is 0.268 e. The average molecular weight is 461 g/mol. The number of carbonyl (C=O) groups excluding carboxylic acids is 1. The highest BCUT2D eigenvalue weighted by Crippen LogP contribution is 2.28. The molecule has 1 aliphatic rings. The highest BCUT2D eigenvalue weighted by molar-refractivity contribution is 6.36. The predicted octanol–water partition coefficient (Wildman–Crippen LogP) is 5.13. The van der Waals surface area contributed by atoms with Crippen LogP contribution >= 0.6 is 23.2 Å². The summed E-state index contributed by atoms with van der Waals surface area (Å²) in [5.41, 5.74) is 4.09. The Morgan fingerprint density at radius 3 is 2.55 bits per heavy atom. The minimum Gasteiger partial charge on any atom is -0.382 e. The number of aromatic nitrogens is 2. The van der Waals surface area contributed by atoms with Gasteiger partial charge in [0.1, 0.15) is 5.82 Å². The van der Waals surface area contributed by atoms with E-state index < -0.39 is 6.10 Å². The summed E-state index contributed by atoms with van der Waals surface area (Å²) in [6.07, 6.45) is -0.487. The molecule has 1 N–H and O–H groups in total. The first-order valence-corrected chi connectivity index (χ1v) is 10.4. The van der Waals surface area contributed by atoms with Crippen molar-refractivity contribution in [2.24, 2.45) is 5.16 Å². The molecule has 0 aliphatic carbocycles. The third kappa shape index (κ3) is 4.43. The van der Waals surface area contributed by atoms with Gasteiger partial charge in [-0.1, -0.05) is 46.6 Å². The minimum atomic E-state index is -0.778. The third-order valence-electron chi connectivity index (χ3n) is 5.14. The molecule has 1 unspecified atom stereocenters. The van der Waals surface area contributed by atoms with E-state index in [1.54, 1.807) is 35.0 Å². The summed E-state index contributed by atoms with van der Waals surface area (Å²) >= 11 is 12.6. The predicted molar refractivity (Wildman–Crippen MR) is 118 cm³/mol. The van der Waals surface area contributed by atoms with Crippen LogP contribution in [0.15, 0.2) is 47.6 Å². The molecule has 0 radical (unpaired) electrons. The van der Waals surface area contributed by atoms with E-state index in [0.29, 0.717) is 45.7 Å². The second-order valence-electron chi connectivity index (χ2n) is 7.24. The number of hydrogen-bond donors (Lipinski definition) is 1. The van der Waals surface area contributed by atoms with E-state index in [1.807, 2.05) is 13.8 Å². The first-order valence-electron chi connectivity index (χ1n) is 9.60. The van der Waals surface area contributed by atoms with E-state index in [4.69, 9.17) is 28.0 Å². The molecule has 0 bridgehead atoms. The highest BCUT2D eigenvalue weighted by atomic mass is 35.5. The first kappa shape index (κ1) is 21.3. The van der Waals surface area contributed by atoms with E-state index in [-0.39, 0.29) is 11.7 Å². The molecular formula is C22H19Cl2FN4O2. The lowest BCUT2D eigenvalue weighted by atomic mass is 10.0. The molecule has 1 aliphatic heterocycles. The summed E-state index contributed by atoms with van der Waals surface area (Å²) in [4.78, 5) is 18.1. The minimum absolute atomic E-state index is 0.291. The summed E-state index contributed by atoms with van der Waals surface area (Å²) in [7, 11) is 0. The van der Waals surface area contributed by atoms with Gasteiger partial charge in [-0.25, -0.2) is 4.39 Å². The van der Waals surface area contributed by atoms with Gasteiger partial charge in [-0.05, 0) is 43.7 Å². The molecule has 2 heterocycles. The van der Waals surface area contributed by atoms with Gasteiger partial charge in [-0.3, -0.25) is 9.48 Å². The number of rotatable bonds is 5. The van der Waals surface area contributed by atoms with Crippen molar-refractivity contribution >= 4 is 40.5 Å². The van der Waals surface area contributed by atoms with Crippen molar-refractivity contribution in [2.75, 3.05) is 5.32 Å². The molecule has 160 valence electrons. The Morgan fingerprint density at radius 1 is 1.19 bits per heavy atom. The van der Waals surface area contributed by atoms with Crippen LogP contribution in [0.1, 0.15) is 28.9 Å². The molecular weight excluding hydrogens is 442 g/mol. The quantitative estimate of drug-likeness (QED) is 0.573. The van der Waals surface area contributed by atoms with Crippen LogP contribution in [-0.4, -0.2) is 27.5 Å². The van der Waals surface area contributed by atoms with Gasteiger partial charge in [-0.2, -0.15) is 5.10 Å². The van der Waals surface area contributed by atoms with Crippen molar-refractivity contribution in [2.45, 2.75) is 32.9 Å². The van der Waals surface area contributed by atoms with Crippen LogP contribution in [0.3, 0.4) is 0 Å². The molecule has 31 heavy (non-hydrogen) atoms. The molecule has 0 saturated carbocycles. The zero-order valence-corrected chi connectivity index (χ0v) is 18.3. The molecule has 1 amide bonds. The lowest BCUT2D eigenvalue weighted by molar-refractivity contribution is -0.125. The molecule has 1 atom stereocenters. The van der Waals surface area contributed by atoms with Crippen LogP contribution in [0.2, 0.25) is 10.0 Å². The van der Waals surface area contributed by atoms with Crippen molar-refractivity contribution in [3.63, 3.8) is 0 Å². The molecule has 4 rings (SSSR count). The Labute approximate surface area is 188 Å². The van der Waals surface area contributed by atoms with Crippen molar-refractivity contribution in [3.05, 3.63) is 80.8 Å². The van der Waals surface area contributed by atoms with Crippen LogP contribution in [0, 0.1) is 19.7 Å². The number of nitrogens with zero attached hydrogens (tertiary/aromatic N) is 3. The number of oxime groups is 1. The fraction of sp³-hybridized carbons (Fsp3) is 0.227. The molecule has 0 fully saturated rings. The van der Waals surface area contributed by atoms with Gasteiger partial charge in [0.2, 0.25) is 6.10 Å². The largest absolute Gasteiger partial charge is 0.382 e. The molecule has 9 heteroatoms. The molecule has 1 aromatic heterocycles. The number of anilines is 1. The number of carbonyl (C=O) groups is 1. The number of hydrogen-bond acceptors (Lipinski definition) is 4. The highest BCUT2D eigenvalue weighted by Gasteiger charge is 2.30. The van der Waals surface area contributed by atoms with E-state index in [2.05, 4.69) is 15.6 Å². The smallest absolute Gasteiger partial charge is 0.268 e. The van der Waals surface area contributed by atoms with E-state index >= 15 is 0 Å². The summed E-state index contributed by atoms with van der Waals surface area (Å²) < 4.78 is 14.9. The lowest BCUT2D eigenvalue weighted by Crippen LogP contribution is -2.28. The number of halogens is 3. The number of nitrogens with one attached hydrogen (secondary N) is 1. The second-order valence-corrected chi connectivity index (χ2v) is 8.05. The summed E-state index contributed by atoms with van der Waals surface area (Å²) in [5, 5.41) is 12.5. The van der Waals surface area contributed by atoms with Gasteiger partial charge in [0.25, 0.3) is 5.91 Å². The average Bonchev–Trinajstić information content (AvgIpc) is 3.32. The SMILES string of the molecule is Cc1nn(Cc2c(Cl)cccc2Cl)c(C)c1NC(=O)C1CC(c2ccc(F)cc2)=NO1. The standard InChI is InChI=1S/C22H19Cl2FN4O2/c1-12-21(13(2)29(27-12)11-16-17(23)4-3-5-18(16)24)26-22(30)20-10-19(28-31-20)14-6-8-15(25)9-7-14/h3-9,20H,10-11H2,1-2H3,(H,26,30). The zero-order chi connectivity index (χ0) is 22.1. The maximum absolute atomic E-state index is 13.1. The number of benzene rings is 2. The van der Waals surface area contributed by atoms with Crippen molar-refractivity contribution in [1.82, 2.24) is 9.78 Å². The van der Waals surface area contributed by atoms with Crippen LogP contribution in [0.25, 0.3) is 0 Å². The van der Waals surface area contributed by atoms with Crippen LogP contribution in [0.4, 0.5) is 10.1 Å². The van der Waals surface area contributed by atoms with Gasteiger partial charge >= 0.3 is 0 Å². The van der Waals surface area contributed by atoms with E-state index in [1.165, 1.54) is 12.1 Å². The van der Waals surface area contributed by atoms with Crippen LogP contribution < -0.4 is 5.32 Å². The van der Waals surface area contributed by atoms with Gasteiger partial charge in [0.15, 0.2) is 0 Å². The number of amides is 1. The summed E-state index contributed by atoms with van der Waals surface area (Å²) in [6.45, 7) is 4.04. The third-order valence-corrected chi connectivity index (χ3v) is 5.85. The van der Waals surface area contributed by atoms with Crippen LogP contribution in [0.5, 0.6) is 0 Å². The van der Waals surface area contributed by atoms with E-state index in [0.717, 1.165) is 11.3 Å². The zero-order valence-electron chi connectivity index (χ0n) is 16.8. The Hall–Kier alpha value is -2.90. The van der Waals surface area contributed by atoms with Gasteiger partial charge in [-0.15, -0.1) is 0 Å². The second kappa shape index (κ2) is 8.69. The molecule has 6 nitrogen and oxygen atoms in total. The molecule has 0 spiro atoms. The lowest BCUT2D eigenvalue weighted by Gasteiger charge is -2.11. The number of aryl methyl sites for hydroxylation is 1. The fourth-order valence-electron chi connectivity index (χ4n) is 3.40. The Bertz CT molecular complexity index is 1150. The molecule has 3 aromatic rings. The van der Waals surface area contributed by atoms with Gasteiger partial charge in [0, 0.05) is 22.0 Å². The van der Waals surface area contributed by atoms with E-state index in [9.17, 15) is 9.18 Å². The Balaban J connectivity index is 1.46.